The first-order valence-electron chi connectivity index (χ1n) is 7.78. The molecule has 2 rings (SSSR count). The van der Waals surface area contributed by atoms with Crippen molar-refractivity contribution in [2.24, 2.45) is 0 Å². The Morgan fingerprint density at radius 2 is 1.81 bits per heavy atom. The van der Waals surface area contributed by atoms with Gasteiger partial charge in [0, 0.05) is 30.4 Å². The largest absolute Gasteiger partial charge is 0.376 e. The summed E-state index contributed by atoms with van der Waals surface area (Å²) < 4.78 is 0. The average Bonchev–Trinajstić information content (AvgIpc) is 2.46. The second kappa shape index (κ2) is 6.94. The van der Waals surface area contributed by atoms with Gasteiger partial charge in [-0.15, -0.1) is 0 Å². The van der Waals surface area contributed by atoms with Crippen molar-refractivity contribution >= 4 is 11.6 Å². The molecule has 0 unspecified atom stereocenters. The van der Waals surface area contributed by atoms with Crippen molar-refractivity contribution in [3.63, 3.8) is 0 Å². The van der Waals surface area contributed by atoms with Crippen LogP contribution in [0.15, 0.2) is 30.3 Å². The van der Waals surface area contributed by atoms with Crippen LogP contribution in [0.4, 0.5) is 5.69 Å². The molecule has 1 fully saturated rings. The van der Waals surface area contributed by atoms with E-state index in [2.05, 4.69) is 36.3 Å². The maximum atomic E-state index is 12.0. The molecule has 1 heterocycles. The van der Waals surface area contributed by atoms with Gasteiger partial charge in [-0.05, 0) is 45.7 Å². The van der Waals surface area contributed by atoms with Crippen LogP contribution < -0.4 is 10.6 Å². The van der Waals surface area contributed by atoms with Crippen molar-refractivity contribution in [3.8, 4) is 0 Å². The van der Waals surface area contributed by atoms with Crippen LogP contribution >= 0.6 is 0 Å². The highest BCUT2D eigenvalue weighted by molar-refractivity contribution is 5.80. The molecule has 1 aliphatic rings. The Morgan fingerprint density at radius 3 is 2.38 bits per heavy atom. The van der Waals surface area contributed by atoms with Gasteiger partial charge in [0.25, 0.3) is 0 Å². The molecule has 116 valence electrons. The van der Waals surface area contributed by atoms with Crippen LogP contribution in [0.5, 0.6) is 0 Å². The van der Waals surface area contributed by atoms with E-state index < -0.39 is 0 Å². The smallest absolute Gasteiger partial charge is 0.239 e. The van der Waals surface area contributed by atoms with Crippen molar-refractivity contribution in [2.75, 3.05) is 25.0 Å². The minimum Gasteiger partial charge on any atom is -0.376 e. The molecule has 4 nitrogen and oxygen atoms in total. The lowest BCUT2D eigenvalue weighted by molar-refractivity contribution is -0.120. The first-order valence-corrected chi connectivity index (χ1v) is 7.78. The maximum absolute atomic E-state index is 12.0. The summed E-state index contributed by atoms with van der Waals surface area (Å²) in [5, 5.41) is 6.28. The summed E-state index contributed by atoms with van der Waals surface area (Å²) in [4.78, 5) is 14.5. The molecule has 2 N–H and O–H groups in total. The fourth-order valence-electron chi connectivity index (χ4n) is 2.71. The minimum absolute atomic E-state index is 0.0769. The number of benzene rings is 1. The van der Waals surface area contributed by atoms with Crippen molar-refractivity contribution < 1.29 is 4.79 Å². The molecule has 21 heavy (non-hydrogen) atoms. The van der Waals surface area contributed by atoms with Crippen LogP contribution in [0.1, 0.15) is 33.6 Å². The summed E-state index contributed by atoms with van der Waals surface area (Å²) in [7, 11) is 0. The number of carbonyl (C=O) groups is 1. The van der Waals surface area contributed by atoms with E-state index >= 15 is 0 Å². The van der Waals surface area contributed by atoms with Crippen LogP contribution in [-0.4, -0.2) is 42.0 Å². The molecule has 0 radical (unpaired) electrons. The average molecular weight is 289 g/mol. The maximum Gasteiger partial charge on any atom is 0.239 e. The standard InChI is InChI=1S/C17H27N3O/c1-17(2,3)20-11-9-15(10-12-20)19-16(21)13-18-14-7-5-4-6-8-14/h4-8,15,18H,9-13H2,1-3H3,(H,19,21). The van der Waals surface area contributed by atoms with Gasteiger partial charge in [-0.25, -0.2) is 0 Å². The van der Waals surface area contributed by atoms with Gasteiger partial charge in [-0.3, -0.25) is 9.69 Å². The number of nitrogens with zero attached hydrogens (tertiary/aromatic N) is 1. The van der Waals surface area contributed by atoms with E-state index in [1.165, 1.54) is 0 Å². The van der Waals surface area contributed by atoms with E-state index in [1.54, 1.807) is 0 Å². The number of rotatable bonds is 4. The van der Waals surface area contributed by atoms with Crippen LogP contribution in [0.2, 0.25) is 0 Å². The number of nitrogens with one attached hydrogen (secondary N) is 2. The van der Waals surface area contributed by atoms with E-state index in [-0.39, 0.29) is 11.4 Å². The van der Waals surface area contributed by atoms with Gasteiger partial charge in [-0.2, -0.15) is 0 Å². The Hall–Kier alpha value is -1.55. The summed E-state index contributed by atoms with van der Waals surface area (Å²) in [6.45, 7) is 9.19. The quantitative estimate of drug-likeness (QED) is 0.895. The van der Waals surface area contributed by atoms with Gasteiger partial charge in [0.05, 0.1) is 6.54 Å². The predicted molar refractivity (Wildman–Crippen MR) is 87.4 cm³/mol. The topological polar surface area (TPSA) is 44.4 Å². The minimum atomic E-state index is 0.0769. The Kier molecular flexibility index (Phi) is 5.23. The van der Waals surface area contributed by atoms with Gasteiger partial charge in [0.2, 0.25) is 5.91 Å². The number of para-hydroxylation sites is 1. The molecule has 0 aromatic heterocycles. The molecule has 1 saturated heterocycles. The first-order chi connectivity index (χ1) is 9.95. The number of carbonyl (C=O) groups excluding carboxylic acids is 1. The molecule has 0 saturated carbocycles. The zero-order valence-electron chi connectivity index (χ0n) is 13.4. The molecule has 0 atom stereocenters. The van der Waals surface area contributed by atoms with Crippen molar-refractivity contribution in [1.29, 1.82) is 0 Å². The van der Waals surface area contributed by atoms with Crippen molar-refractivity contribution in [3.05, 3.63) is 30.3 Å². The van der Waals surface area contributed by atoms with Crippen LogP contribution in [0.3, 0.4) is 0 Å². The number of piperidine rings is 1. The molecule has 0 bridgehead atoms. The van der Waals surface area contributed by atoms with Crippen molar-refractivity contribution in [2.45, 2.75) is 45.2 Å². The van der Waals surface area contributed by atoms with Gasteiger partial charge >= 0.3 is 0 Å². The van der Waals surface area contributed by atoms with E-state index in [1.807, 2.05) is 30.3 Å². The summed E-state index contributed by atoms with van der Waals surface area (Å²) in [5.41, 5.74) is 1.21. The molecule has 4 heteroatoms. The lowest BCUT2D eigenvalue weighted by Gasteiger charge is -2.41. The monoisotopic (exact) mass is 289 g/mol. The Bertz CT molecular complexity index is 445. The normalized spacial score (nSPS) is 17.5. The lowest BCUT2D eigenvalue weighted by atomic mass is 9.98. The predicted octanol–water partition coefficient (Wildman–Crippen LogP) is 2.48. The number of amides is 1. The SMILES string of the molecule is CC(C)(C)N1CCC(NC(=O)CNc2ccccc2)CC1. The second-order valence-electron chi connectivity index (χ2n) is 6.72. The molecule has 1 aromatic carbocycles. The summed E-state index contributed by atoms with van der Waals surface area (Å²) in [5.74, 6) is 0.0769. The first kappa shape index (κ1) is 15.8. The number of hydrogen-bond donors (Lipinski definition) is 2. The van der Waals surface area contributed by atoms with Crippen LogP contribution in [-0.2, 0) is 4.79 Å². The van der Waals surface area contributed by atoms with E-state index in [9.17, 15) is 4.79 Å². The van der Waals surface area contributed by atoms with E-state index in [4.69, 9.17) is 0 Å². The molecule has 1 aliphatic heterocycles. The van der Waals surface area contributed by atoms with Crippen LogP contribution in [0, 0.1) is 0 Å². The highest BCUT2D eigenvalue weighted by atomic mass is 16.1. The second-order valence-corrected chi connectivity index (χ2v) is 6.72. The number of anilines is 1. The third-order valence-electron chi connectivity index (χ3n) is 4.04. The Balaban J connectivity index is 1.70. The number of likely N-dealkylation sites (tertiary alicyclic amines) is 1. The molecule has 0 aliphatic carbocycles. The zero-order valence-corrected chi connectivity index (χ0v) is 13.4. The van der Waals surface area contributed by atoms with Crippen LogP contribution in [0.25, 0.3) is 0 Å². The van der Waals surface area contributed by atoms with E-state index in [0.29, 0.717) is 12.6 Å². The van der Waals surface area contributed by atoms with E-state index in [0.717, 1.165) is 31.6 Å². The Labute approximate surface area is 127 Å². The number of hydrogen-bond acceptors (Lipinski definition) is 3. The molecule has 1 aromatic rings. The molecular formula is C17H27N3O. The van der Waals surface area contributed by atoms with Crippen molar-refractivity contribution in [1.82, 2.24) is 10.2 Å². The van der Waals surface area contributed by atoms with Gasteiger partial charge < -0.3 is 10.6 Å². The highest BCUT2D eigenvalue weighted by Gasteiger charge is 2.27. The third-order valence-corrected chi connectivity index (χ3v) is 4.04. The summed E-state index contributed by atoms with van der Waals surface area (Å²) >= 11 is 0. The molecular weight excluding hydrogens is 262 g/mol. The third kappa shape index (κ3) is 5.05. The van der Waals surface area contributed by atoms with Gasteiger partial charge in [0.1, 0.15) is 0 Å². The molecule has 0 spiro atoms. The zero-order chi connectivity index (χ0) is 15.3. The fraction of sp³-hybridized carbons (Fsp3) is 0.588. The van der Waals surface area contributed by atoms with Gasteiger partial charge in [-0.1, -0.05) is 18.2 Å². The Morgan fingerprint density at radius 1 is 1.19 bits per heavy atom. The van der Waals surface area contributed by atoms with Gasteiger partial charge in [0.15, 0.2) is 0 Å². The fourth-order valence-corrected chi connectivity index (χ4v) is 2.71. The summed E-state index contributed by atoms with van der Waals surface area (Å²) in [6, 6.07) is 10.1. The summed E-state index contributed by atoms with van der Waals surface area (Å²) in [6.07, 6.45) is 2.07. The highest BCUT2D eigenvalue weighted by Crippen LogP contribution is 2.19. The lowest BCUT2D eigenvalue weighted by Crippen LogP contribution is -2.51. The molecule has 1 amide bonds.